The van der Waals surface area contributed by atoms with E-state index in [-0.39, 0.29) is 11.0 Å². The number of hydrogen-bond acceptors (Lipinski definition) is 4. The van der Waals surface area contributed by atoms with Crippen LogP contribution in [-0.4, -0.2) is 0 Å². The van der Waals surface area contributed by atoms with E-state index in [1.165, 1.54) is 6.26 Å². The third-order valence-electron chi connectivity index (χ3n) is 3.82. The first-order valence-corrected chi connectivity index (χ1v) is 7.37. The highest BCUT2D eigenvalue weighted by Crippen LogP contribution is 2.27. The zero-order valence-electron chi connectivity index (χ0n) is 12.5. The molecule has 0 unspecified atom stereocenters. The average Bonchev–Trinajstić information content (AvgIpc) is 2.62. The van der Waals surface area contributed by atoms with Crippen molar-refractivity contribution in [1.29, 1.82) is 5.26 Å². The molecule has 4 aromatic rings. The summed E-state index contributed by atoms with van der Waals surface area (Å²) < 4.78 is 11.2. The number of hydrogen-bond donors (Lipinski definition) is 0. The molecule has 0 aliphatic rings. The molecule has 4 nitrogen and oxygen atoms in total. The minimum Gasteiger partial charge on any atom is -0.463 e. The lowest BCUT2D eigenvalue weighted by Gasteiger charge is -2.07. The second-order valence-corrected chi connectivity index (χ2v) is 5.36. The van der Waals surface area contributed by atoms with Crippen LogP contribution in [0.3, 0.4) is 0 Å². The molecule has 0 saturated heterocycles. The lowest BCUT2D eigenvalue weighted by atomic mass is 10.1. The highest BCUT2D eigenvalue weighted by Gasteiger charge is 2.08. The Labute approximate surface area is 137 Å². The molecule has 1 aromatic heterocycles. The predicted octanol–water partition coefficient (Wildman–Crippen LogP) is 4.61. The molecule has 3 aromatic carbocycles. The Balaban J connectivity index is 1.73. The summed E-state index contributed by atoms with van der Waals surface area (Å²) >= 11 is 0. The van der Waals surface area contributed by atoms with Gasteiger partial charge in [-0.2, -0.15) is 5.26 Å². The summed E-state index contributed by atoms with van der Waals surface area (Å²) in [5, 5.41) is 11.5. The molecular formula is C20H11NO3. The lowest BCUT2D eigenvalue weighted by molar-refractivity contribution is 0.482. The third-order valence-corrected chi connectivity index (χ3v) is 3.82. The summed E-state index contributed by atoms with van der Waals surface area (Å²) in [6, 6.07) is 20.6. The van der Waals surface area contributed by atoms with E-state index >= 15 is 0 Å². The van der Waals surface area contributed by atoms with Crippen molar-refractivity contribution in [1.82, 2.24) is 0 Å². The number of rotatable bonds is 2. The molecular weight excluding hydrogens is 302 g/mol. The Bertz CT molecular complexity index is 1170. The minimum absolute atomic E-state index is 0.00861. The van der Waals surface area contributed by atoms with Crippen LogP contribution in [0.2, 0.25) is 0 Å². The molecule has 0 amide bonds. The molecule has 0 saturated carbocycles. The molecule has 0 N–H and O–H groups in total. The van der Waals surface area contributed by atoms with Crippen molar-refractivity contribution in [2.75, 3.05) is 0 Å². The molecule has 24 heavy (non-hydrogen) atoms. The normalized spacial score (nSPS) is 10.6. The Morgan fingerprint density at radius 3 is 2.50 bits per heavy atom. The first-order valence-electron chi connectivity index (χ1n) is 7.37. The second kappa shape index (κ2) is 5.56. The van der Waals surface area contributed by atoms with Crippen LogP contribution in [0.25, 0.3) is 21.7 Å². The van der Waals surface area contributed by atoms with Crippen LogP contribution >= 0.6 is 0 Å². The maximum Gasteiger partial charge on any atom is 0.210 e. The lowest BCUT2D eigenvalue weighted by Crippen LogP contribution is -2.05. The first-order chi connectivity index (χ1) is 11.7. The fourth-order valence-electron chi connectivity index (χ4n) is 2.62. The van der Waals surface area contributed by atoms with E-state index < -0.39 is 0 Å². The standard InChI is InChI=1S/C20H11NO3/c21-11-15-12-23-19-10-17(7-8-18(19)20(15)22)24-16-6-5-13-3-1-2-4-14(13)9-16/h1-10,12H. The van der Waals surface area contributed by atoms with Crippen LogP contribution < -0.4 is 10.2 Å². The van der Waals surface area contributed by atoms with Gasteiger partial charge in [0.05, 0.1) is 5.39 Å². The first kappa shape index (κ1) is 14.0. The monoisotopic (exact) mass is 313 g/mol. The van der Waals surface area contributed by atoms with Gasteiger partial charge in [-0.25, -0.2) is 0 Å². The third kappa shape index (κ3) is 2.38. The van der Waals surface area contributed by atoms with Crippen LogP contribution in [0, 0.1) is 11.3 Å². The Hall–Kier alpha value is -3.58. The Morgan fingerprint density at radius 1 is 0.917 bits per heavy atom. The van der Waals surface area contributed by atoms with E-state index in [1.807, 2.05) is 48.5 Å². The second-order valence-electron chi connectivity index (χ2n) is 5.36. The molecule has 0 bridgehead atoms. The van der Waals surface area contributed by atoms with Crippen molar-refractivity contribution in [2.24, 2.45) is 0 Å². The quantitative estimate of drug-likeness (QED) is 0.542. The molecule has 0 aliphatic carbocycles. The van der Waals surface area contributed by atoms with Crippen LogP contribution in [0.1, 0.15) is 5.56 Å². The van der Waals surface area contributed by atoms with Crippen LogP contribution in [0.5, 0.6) is 11.5 Å². The molecule has 4 rings (SSSR count). The average molecular weight is 313 g/mol. The molecule has 0 radical (unpaired) electrons. The molecule has 1 heterocycles. The molecule has 0 fully saturated rings. The van der Waals surface area contributed by atoms with E-state index in [0.29, 0.717) is 22.5 Å². The van der Waals surface area contributed by atoms with Crippen molar-refractivity contribution in [3.63, 3.8) is 0 Å². The van der Waals surface area contributed by atoms with Gasteiger partial charge in [0.15, 0.2) is 0 Å². The Kier molecular flexibility index (Phi) is 3.25. The van der Waals surface area contributed by atoms with E-state index in [2.05, 4.69) is 0 Å². The van der Waals surface area contributed by atoms with Crippen molar-refractivity contribution in [3.05, 3.63) is 82.7 Å². The number of benzene rings is 3. The number of fused-ring (bicyclic) bond motifs is 2. The van der Waals surface area contributed by atoms with Gasteiger partial charge < -0.3 is 9.15 Å². The number of nitriles is 1. The summed E-state index contributed by atoms with van der Waals surface area (Å²) in [6.45, 7) is 0. The Morgan fingerprint density at radius 2 is 1.67 bits per heavy atom. The van der Waals surface area contributed by atoms with Crippen LogP contribution in [-0.2, 0) is 0 Å². The molecule has 4 heteroatoms. The highest BCUT2D eigenvalue weighted by atomic mass is 16.5. The van der Waals surface area contributed by atoms with Gasteiger partial charge in [-0.05, 0) is 35.0 Å². The summed E-state index contributed by atoms with van der Waals surface area (Å²) in [4.78, 5) is 12.1. The SMILES string of the molecule is N#Cc1coc2cc(Oc3ccc4ccccc4c3)ccc2c1=O. The molecule has 0 atom stereocenters. The van der Waals surface area contributed by atoms with Crippen LogP contribution in [0.15, 0.2) is 76.1 Å². The van der Waals surface area contributed by atoms with Crippen molar-refractivity contribution in [3.8, 4) is 17.6 Å². The van der Waals surface area contributed by atoms with Crippen molar-refractivity contribution in [2.45, 2.75) is 0 Å². The van der Waals surface area contributed by atoms with E-state index in [4.69, 9.17) is 14.4 Å². The van der Waals surface area contributed by atoms with Crippen molar-refractivity contribution >= 4 is 21.7 Å². The fraction of sp³-hybridized carbons (Fsp3) is 0. The van der Waals surface area contributed by atoms with Gasteiger partial charge in [-0.1, -0.05) is 30.3 Å². The topological polar surface area (TPSA) is 63.2 Å². The molecule has 0 aliphatic heterocycles. The predicted molar refractivity (Wildman–Crippen MR) is 91.2 cm³/mol. The van der Waals surface area contributed by atoms with Crippen LogP contribution in [0.4, 0.5) is 0 Å². The van der Waals surface area contributed by atoms with E-state index in [0.717, 1.165) is 10.8 Å². The maximum absolute atomic E-state index is 12.1. The van der Waals surface area contributed by atoms with Gasteiger partial charge in [0.25, 0.3) is 0 Å². The van der Waals surface area contributed by atoms with E-state index in [9.17, 15) is 4.79 Å². The summed E-state index contributed by atoms with van der Waals surface area (Å²) in [7, 11) is 0. The maximum atomic E-state index is 12.1. The molecule has 114 valence electrons. The molecule has 0 spiro atoms. The zero-order valence-corrected chi connectivity index (χ0v) is 12.5. The van der Waals surface area contributed by atoms with Gasteiger partial charge in [-0.3, -0.25) is 4.79 Å². The summed E-state index contributed by atoms with van der Waals surface area (Å²) in [5.74, 6) is 1.26. The minimum atomic E-state index is -0.337. The van der Waals surface area contributed by atoms with Gasteiger partial charge in [0.2, 0.25) is 5.43 Å². The zero-order chi connectivity index (χ0) is 16.5. The smallest absolute Gasteiger partial charge is 0.210 e. The van der Waals surface area contributed by atoms with Crippen molar-refractivity contribution < 1.29 is 9.15 Å². The highest BCUT2D eigenvalue weighted by molar-refractivity contribution is 5.84. The number of nitrogens with zero attached hydrogens (tertiary/aromatic N) is 1. The van der Waals surface area contributed by atoms with Gasteiger partial charge >= 0.3 is 0 Å². The number of ether oxygens (including phenoxy) is 1. The van der Waals surface area contributed by atoms with Gasteiger partial charge in [0, 0.05) is 6.07 Å². The summed E-state index contributed by atoms with van der Waals surface area (Å²) in [5.41, 5.74) is 0.0407. The summed E-state index contributed by atoms with van der Waals surface area (Å²) in [6.07, 6.45) is 1.17. The van der Waals surface area contributed by atoms with Gasteiger partial charge in [0.1, 0.15) is 35.0 Å². The fourth-order valence-corrected chi connectivity index (χ4v) is 2.62. The largest absolute Gasteiger partial charge is 0.463 e. The van der Waals surface area contributed by atoms with E-state index in [1.54, 1.807) is 18.2 Å². The van der Waals surface area contributed by atoms with Gasteiger partial charge in [-0.15, -0.1) is 0 Å².